The molecule has 0 atom stereocenters. The zero-order chi connectivity index (χ0) is 14.7. The molecule has 1 heterocycles. The lowest BCUT2D eigenvalue weighted by molar-refractivity contribution is -0.136. The first-order valence-corrected chi connectivity index (χ1v) is 7.46. The highest BCUT2D eigenvalue weighted by Crippen LogP contribution is 2.29. The molecule has 0 aromatic carbocycles. The molecule has 0 aliphatic heterocycles. The Morgan fingerprint density at radius 3 is 2.50 bits per heavy atom. The summed E-state index contributed by atoms with van der Waals surface area (Å²) in [5.41, 5.74) is 1.31. The molecule has 0 saturated heterocycles. The highest BCUT2D eigenvalue weighted by molar-refractivity contribution is 5.70. The Hall–Kier alpha value is -1.58. The Labute approximate surface area is 119 Å². The van der Waals surface area contributed by atoms with Crippen LogP contribution in [0.5, 0.6) is 0 Å². The topological polar surface area (TPSA) is 59.3 Å². The van der Waals surface area contributed by atoms with Gasteiger partial charge in [0.25, 0.3) is 5.56 Å². The molecule has 4 heteroatoms. The maximum atomic E-state index is 12.6. The minimum atomic E-state index is -0.949. The Morgan fingerprint density at radius 2 is 1.95 bits per heavy atom. The number of carboxylic acids is 1. The zero-order valence-corrected chi connectivity index (χ0v) is 12.3. The Balaban J connectivity index is 2.48. The highest BCUT2D eigenvalue weighted by atomic mass is 16.4. The van der Waals surface area contributed by atoms with Gasteiger partial charge in [0.05, 0.1) is 6.42 Å². The normalized spacial score (nSPS) is 16.6. The van der Waals surface area contributed by atoms with Crippen LogP contribution in [0, 0.1) is 0 Å². The van der Waals surface area contributed by atoms with Gasteiger partial charge in [-0.25, -0.2) is 0 Å². The fourth-order valence-corrected chi connectivity index (χ4v) is 3.09. The fraction of sp³-hybridized carbons (Fsp3) is 0.625. The van der Waals surface area contributed by atoms with E-state index in [0.717, 1.165) is 31.4 Å². The van der Waals surface area contributed by atoms with Crippen molar-refractivity contribution in [3.05, 3.63) is 33.7 Å². The second kappa shape index (κ2) is 6.25. The first-order chi connectivity index (χ1) is 9.50. The molecule has 1 N–H and O–H groups in total. The van der Waals surface area contributed by atoms with Crippen molar-refractivity contribution < 1.29 is 9.90 Å². The first kappa shape index (κ1) is 14.8. The van der Waals surface area contributed by atoms with E-state index in [1.807, 2.05) is 10.6 Å². The van der Waals surface area contributed by atoms with Gasteiger partial charge in [0, 0.05) is 17.3 Å². The molecule has 1 aliphatic rings. The van der Waals surface area contributed by atoms with Gasteiger partial charge < -0.3 is 9.67 Å². The van der Waals surface area contributed by atoms with Gasteiger partial charge in [0.15, 0.2) is 0 Å². The lowest BCUT2D eigenvalue weighted by Gasteiger charge is -2.28. The molecule has 1 aliphatic carbocycles. The van der Waals surface area contributed by atoms with E-state index in [-0.39, 0.29) is 23.9 Å². The highest BCUT2D eigenvalue weighted by Gasteiger charge is 2.22. The summed E-state index contributed by atoms with van der Waals surface area (Å²) in [7, 11) is 0. The number of pyridine rings is 1. The van der Waals surface area contributed by atoms with Crippen LogP contribution in [0.2, 0.25) is 0 Å². The van der Waals surface area contributed by atoms with Crippen molar-refractivity contribution in [3.8, 4) is 0 Å². The molecule has 4 nitrogen and oxygen atoms in total. The van der Waals surface area contributed by atoms with Crippen molar-refractivity contribution in [1.82, 2.24) is 4.57 Å². The summed E-state index contributed by atoms with van der Waals surface area (Å²) in [6.07, 6.45) is 5.39. The number of hydrogen-bond acceptors (Lipinski definition) is 2. The molecular weight excluding hydrogens is 254 g/mol. The molecule has 0 bridgehead atoms. The van der Waals surface area contributed by atoms with Crippen molar-refractivity contribution in [2.24, 2.45) is 0 Å². The van der Waals surface area contributed by atoms with Crippen LogP contribution in [0.25, 0.3) is 0 Å². The van der Waals surface area contributed by atoms with Gasteiger partial charge in [0.2, 0.25) is 0 Å². The fourth-order valence-electron chi connectivity index (χ4n) is 3.09. The molecule has 110 valence electrons. The van der Waals surface area contributed by atoms with Crippen LogP contribution >= 0.6 is 0 Å². The second-order valence-electron chi connectivity index (χ2n) is 5.98. The zero-order valence-electron chi connectivity index (χ0n) is 12.3. The third-order valence-electron chi connectivity index (χ3n) is 4.10. The van der Waals surface area contributed by atoms with Crippen LogP contribution in [0.3, 0.4) is 0 Å². The maximum Gasteiger partial charge on any atom is 0.308 e. The quantitative estimate of drug-likeness (QED) is 0.920. The molecule has 0 amide bonds. The molecule has 0 spiro atoms. The molecule has 0 unspecified atom stereocenters. The third kappa shape index (κ3) is 3.11. The van der Waals surface area contributed by atoms with E-state index >= 15 is 0 Å². The number of nitrogens with zero attached hydrogens (tertiary/aromatic N) is 1. The van der Waals surface area contributed by atoms with Gasteiger partial charge in [0.1, 0.15) is 0 Å². The number of aromatic nitrogens is 1. The van der Waals surface area contributed by atoms with E-state index in [0.29, 0.717) is 5.56 Å². The maximum absolute atomic E-state index is 12.6. The van der Waals surface area contributed by atoms with Crippen LogP contribution in [0.1, 0.15) is 69.2 Å². The standard InChI is InChI=1S/C16H23NO3/c1-11(2)14-9-8-12(10-15(18)19)16(20)17(14)13-6-4-3-5-7-13/h8-9,11,13H,3-7,10H2,1-2H3,(H,18,19). The monoisotopic (exact) mass is 277 g/mol. The summed E-state index contributed by atoms with van der Waals surface area (Å²) in [5, 5.41) is 8.92. The van der Waals surface area contributed by atoms with E-state index in [4.69, 9.17) is 5.11 Å². The number of hydrogen-bond donors (Lipinski definition) is 1. The van der Waals surface area contributed by atoms with Gasteiger partial charge in [-0.1, -0.05) is 39.2 Å². The van der Waals surface area contributed by atoms with E-state index in [1.165, 1.54) is 6.42 Å². The number of carboxylic acid groups (broad SMARTS) is 1. The predicted molar refractivity (Wildman–Crippen MR) is 78.3 cm³/mol. The van der Waals surface area contributed by atoms with Gasteiger partial charge >= 0.3 is 5.97 Å². The van der Waals surface area contributed by atoms with Crippen LogP contribution in [-0.4, -0.2) is 15.6 Å². The summed E-state index contributed by atoms with van der Waals surface area (Å²) in [4.78, 5) is 23.5. The Kier molecular flexibility index (Phi) is 4.63. The minimum absolute atomic E-state index is 0.106. The summed E-state index contributed by atoms with van der Waals surface area (Å²) in [6, 6.07) is 3.85. The lowest BCUT2D eigenvalue weighted by Crippen LogP contribution is -2.32. The van der Waals surface area contributed by atoms with E-state index < -0.39 is 5.97 Å². The second-order valence-corrected chi connectivity index (χ2v) is 5.98. The minimum Gasteiger partial charge on any atom is -0.481 e. The van der Waals surface area contributed by atoms with Crippen molar-refractivity contribution >= 4 is 5.97 Å². The van der Waals surface area contributed by atoms with Gasteiger partial charge in [-0.05, 0) is 24.8 Å². The van der Waals surface area contributed by atoms with Crippen molar-refractivity contribution in [2.45, 2.75) is 64.3 Å². The summed E-state index contributed by atoms with van der Waals surface area (Å²) < 4.78 is 1.88. The van der Waals surface area contributed by atoms with E-state index in [1.54, 1.807) is 6.07 Å². The smallest absolute Gasteiger partial charge is 0.308 e. The predicted octanol–water partition coefficient (Wildman–Crippen LogP) is 3.10. The van der Waals surface area contributed by atoms with Gasteiger partial charge in [-0.15, -0.1) is 0 Å². The lowest BCUT2D eigenvalue weighted by atomic mass is 9.93. The van der Waals surface area contributed by atoms with Crippen LogP contribution in [-0.2, 0) is 11.2 Å². The molecular formula is C16H23NO3. The van der Waals surface area contributed by atoms with Crippen molar-refractivity contribution in [3.63, 3.8) is 0 Å². The average molecular weight is 277 g/mol. The summed E-state index contributed by atoms with van der Waals surface area (Å²) in [6.45, 7) is 4.15. The summed E-state index contributed by atoms with van der Waals surface area (Å²) >= 11 is 0. The number of carbonyl (C=O) groups is 1. The SMILES string of the molecule is CC(C)c1ccc(CC(=O)O)c(=O)n1C1CCCCC1. The first-order valence-electron chi connectivity index (χ1n) is 7.46. The van der Waals surface area contributed by atoms with Crippen LogP contribution in [0.4, 0.5) is 0 Å². The van der Waals surface area contributed by atoms with Gasteiger partial charge in [-0.3, -0.25) is 9.59 Å². The molecule has 1 saturated carbocycles. The van der Waals surface area contributed by atoms with E-state index in [2.05, 4.69) is 13.8 Å². The molecule has 1 fully saturated rings. The third-order valence-corrected chi connectivity index (χ3v) is 4.10. The van der Waals surface area contributed by atoms with Crippen molar-refractivity contribution in [1.29, 1.82) is 0 Å². The molecule has 20 heavy (non-hydrogen) atoms. The largest absolute Gasteiger partial charge is 0.481 e. The molecule has 2 rings (SSSR count). The van der Waals surface area contributed by atoms with Crippen LogP contribution in [0.15, 0.2) is 16.9 Å². The van der Waals surface area contributed by atoms with Crippen LogP contribution < -0.4 is 5.56 Å². The van der Waals surface area contributed by atoms with E-state index in [9.17, 15) is 9.59 Å². The Morgan fingerprint density at radius 1 is 1.30 bits per heavy atom. The molecule has 1 aromatic rings. The number of aliphatic carboxylic acids is 1. The van der Waals surface area contributed by atoms with Gasteiger partial charge in [-0.2, -0.15) is 0 Å². The Bertz CT molecular complexity index is 539. The molecule has 0 radical (unpaired) electrons. The molecule has 1 aromatic heterocycles. The summed E-state index contributed by atoms with van der Waals surface area (Å²) in [5.74, 6) is -0.682. The van der Waals surface area contributed by atoms with Crippen molar-refractivity contribution in [2.75, 3.05) is 0 Å². The number of rotatable bonds is 4. The average Bonchev–Trinajstić information content (AvgIpc) is 2.41.